The molecule has 3 rings (SSSR count). The molecule has 1 aromatic carbocycles. The van der Waals surface area contributed by atoms with Crippen LogP contribution in [0.5, 0.6) is 0 Å². The van der Waals surface area contributed by atoms with Gasteiger partial charge in [0.25, 0.3) is 0 Å². The van der Waals surface area contributed by atoms with Gasteiger partial charge in [0, 0.05) is 11.1 Å². The molecule has 0 saturated carbocycles. The first-order valence-electron chi connectivity index (χ1n) is 6.22. The van der Waals surface area contributed by atoms with Crippen LogP contribution in [-0.4, -0.2) is 11.6 Å². The van der Waals surface area contributed by atoms with Crippen LogP contribution in [0.1, 0.15) is 22.9 Å². The van der Waals surface area contributed by atoms with Crippen molar-refractivity contribution in [2.45, 2.75) is 19.2 Å². The Hall–Kier alpha value is -1.53. The van der Waals surface area contributed by atoms with E-state index in [1.165, 1.54) is 6.07 Å². The number of nitrogens with zero attached hydrogens (tertiary/aromatic N) is 1. The lowest BCUT2D eigenvalue weighted by molar-refractivity contribution is -0.141. The normalized spacial score (nSPS) is 17.2. The Morgan fingerprint density at radius 1 is 1.10 bits per heavy atom. The molecular formula is C15H14F3NOS. The number of aryl methyl sites for hydroxylation is 1. The highest BCUT2D eigenvalue weighted by atomic mass is 32.1. The first kappa shape index (κ1) is 15.9. The van der Waals surface area contributed by atoms with E-state index < -0.39 is 18.0 Å². The highest BCUT2D eigenvalue weighted by molar-refractivity contribution is 7.59. The summed E-state index contributed by atoms with van der Waals surface area (Å²) < 4.78 is 44.2. The van der Waals surface area contributed by atoms with Crippen molar-refractivity contribution >= 4 is 13.5 Å². The summed E-state index contributed by atoms with van der Waals surface area (Å²) in [5.74, 6) is 0. The summed E-state index contributed by atoms with van der Waals surface area (Å²) in [6.45, 7) is 2.25. The minimum Gasteiger partial charge on any atom is -0.368 e. The summed E-state index contributed by atoms with van der Waals surface area (Å²) in [6.07, 6.45) is -4.94. The van der Waals surface area contributed by atoms with Crippen LogP contribution in [0.4, 0.5) is 13.2 Å². The average Bonchev–Trinajstić information content (AvgIpc) is 3.22. The molecule has 1 saturated heterocycles. The Bertz CT molecular complexity index is 636. The van der Waals surface area contributed by atoms with Gasteiger partial charge in [-0.25, -0.2) is 4.98 Å². The molecule has 1 aliphatic rings. The summed E-state index contributed by atoms with van der Waals surface area (Å²) in [4.78, 5) is 3.80. The molecule has 2 heterocycles. The maximum absolute atomic E-state index is 13.1. The number of halogens is 3. The summed E-state index contributed by atoms with van der Waals surface area (Å²) in [7, 11) is 0. The molecule has 0 radical (unpaired) electrons. The number of benzene rings is 1. The summed E-state index contributed by atoms with van der Waals surface area (Å²) in [5.41, 5.74) is 1.31. The first-order chi connectivity index (χ1) is 9.45. The molecule has 112 valence electrons. The number of pyridine rings is 1. The molecule has 0 bridgehead atoms. The van der Waals surface area contributed by atoms with Crippen LogP contribution in [0.25, 0.3) is 11.3 Å². The molecule has 1 fully saturated rings. The molecule has 2 aromatic rings. The minimum absolute atomic E-state index is 0. The Balaban J connectivity index is 0.00000161. The second-order valence-electron chi connectivity index (χ2n) is 4.82. The molecule has 0 amide bonds. The largest absolute Gasteiger partial charge is 0.433 e. The Morgan fingerprint density at radius 2 is 1.71 bits per heavy atom. The van der Waals surface area contributed by atoms with Crippen LogP contribution in [0.3, 0.4) is 0 Å². The van der Waals surface area contributed by atoms with Gasteiger partial charge >= 0.3 is 6.18 Å². The summed E-state index contributed by atoms with van der Waals surface area (Å²) in [5, 5.41) is 0. The maximum Gasteiger partial charge on any atom is 0.433 e. The van der Waals surface area contributed by atoms with Crippen molar-refractivity contribution < 1.29 is 17.9 Å². The van der Waals surface area contributed by atoms with Crippen molar-refractivity contribution in [3.63, 3.8) is 0 Å². The van der Waals surface area contributed by atoms with E-state index in [0.29, 0.717) is 17.9 Å². The third-order valence-electron chi connectivity index (χ3n) is 3.22. The fourth-order valence-electron chi connectivity index (χ4n) is 2.07. The third-order valence-corrected chi connectivity index (χ3v) is 3.22. The fourth-order valence-corrected chi connectivity index (χ4v) is 2.07. The van der Waals surface area contributed by atoms with Gasteiger partial charge in [0.15, 0.2) is 5.69 Å². The molecule has 6 heteroatoms. The summed E-state index contributed by atoms with van der Waals surface area (Å²) in [6, 6.07) is 10.3. The van der Waals surface area contributed by atoms with Crippen molar-refractivity contribution in [2.75, 3.05) is 6.61 Å². The number of epoxide rings is 1. The number of ether oxygens (including phenoxy) is 1. The van der Waals surface area contributed by atoms with Gasteiger partial charge in [0.05, 0.1) is 12.3 Å². The van der Waals surface area contributed by atoms with Gasteiger partial charge in [-0.1, -0.05) is 35.9 Å². The van der Waals surface area contributed by atoms with E-state index in [9.17, 15) is 13.2 Å². The van der Waals surface area contributed by atoms with Gasteiger partial charge in [-0.3, -0.25) is 0 Å². The number of rotatable bonds is 2. The van der Waals surface area contributed by atoms with E-state index in [2.05, 4.69) is 4.98 Å². The van der Waals surface area contributed by atoms with Gasteiger partial charge in [-0.2, -0.15) is 26.7 Å². The van der Waals surface area contributed by atoms with Crippen LogP contribution in [0, 0.1) is 6.92 Å². The van der Waals surface area contributed by atoms with Crippen molar-refractivity contribution in [1.29, 1.82) is 0 Å². The van der Waals surface area contributed by atoms with Crippen molar-refractivity contribution in [3.05, 3.63) is 53.2 Å². The zero-order chi connectivity index (χ0) is 14.3. The molecule has 2 nitrogen and oxygen atoms in total. The molecule has 0 unspecified atom stereocenters. The van der Waals surface area contributed by atoms with Gasteiger partial charge < -0.3 is 4.74 Å². The molecule has 21 heavy (non-hydrogen) atoms. The van der Waals surface area contributed by atoms with Gasteiger partial charge in [-0.15, -0.1) is 0 Å². The SMILES string of the molecule is Cc1ccc(-c2ccc([C@H]3CO3)c(C(F)(F)F)n2)cc1.S. The van der Waals surface area contributed by atoms with Crippen molar-refractivity contribution in [1.82, 2.24) is 4.98 Å². The lowest BCUT2D eigenvalue weighted by atomic mass is 10.1. The third kappa shape index (κ3) is 3.39. The zero-order valence-electron chi connectivity index (χ0n) is 11.2. The van der Waals surface area contributed by atoms with E-state index >= 15 is 0 Å². The fraction of sp³-hybridized carbons (Fsp3) is 0.267. The van der Waals surface area contributed by atoms with Crippen molar-refractivity contribution in [3.8, 4) is 11.3 Å². The van der Waals surface area contributed by atoms with Gasteiger partial charge in [0.2, 0.25) is 0 Å². The van der Waals surface area contributed by atoms with Crippen LogP contribution >= 0.6 is 13.5 Å². The number of hydrogen-bond donors (Lipinski definition) is 0. The molecular weight excluding hydrogens is 299 g/mol. The number of hydrogen-bond acceptors (Lipinski definition) is 2. The molecule has 1 aliphatic heterocycles. The number of aromatic nitrogens is 1. The van der Waals surface area contributed by atoms with Crippen LogP contribution in [0.2, 0.25) is 0 Å². The maximum atomic E-state index is 13.1. The van der Waals surface area contributed by atoms with Crippen LogP contribution in [0.15, 0.2) is 36.4 Å². The lowest BCUT2D eigenvalue weighted by Crippen LogP contribution is -2.12. The molecule has 1 atom stereocenters. The minimum atomic E-state index is -4.47. The monoisotopic (exact) mass is 313 g/mol. The van der Waals surface area contributed by atoms with Crippen LogP contribution in [-0.2, 0) is 10.9 Å². The Kier molecular flexibility index (Phi) is 4.30. The average molecular weight is 313 g/mol. The topological polar surface area (TPSA) is 25.4 Å². The standard InChI is InChI=1S/C15H12F3NO.H2S/c1-9-2-4-10(5-3-9)12-7-6-11(13-8-20-13)14(19-12)15(16,17)18;/h2-7,13H,8H2,1H3;1H2/t13-;/m1./s1. The number of alkyl halides is 3. The van der Waals surface area contributed by atoms with Gasteiger partial charge in [0.1, 0.15) is 6.10 Å². The van der Waals surface area contributed by atoms with Crippen molar-refractivity contribution in [2.24, 2.45) is 0 Å². The highest BCUT2D eigenvalue weighted by Gasteiger charge is 2.40. The zero-order valence-corrected chi connectivity index (χ0v) is 12.2. The van der Waals surface area contributed by atoms with E-state index in [4.69, 9.17) is 4.74 Å². The second-order valence-corrected chi connectivity index (χ2v) is 4.82. The Labute approximate surface area is 127 Å². The lowest BCUT2D eigenvalue weighted by Gasteiger charge is -2.12. The van der Waals surface area contributed by atoms with Crippen LogP contribution < -0.4 is 0 Å². The predicted octanol–water partition coefficient (Wildman–Crippen LogP) is 4.26. The van der Waals surface area contributed by atoms with E-state index in [-0.39, 0.29) is 19.1 Å². The predicted molar refractivity (Wildman–Crippen MR) is 78.5 cm³/mol. The summed E-state index contributed by atoms with van der Waals surface area (Å²) >= 11 is 0. The van der Waals surface area contributed by atoms with E-state index in [0.717, 1.165) is 5.56 Å². The van der Waals surface area contributed by atoms with Gasteiger partial charge in [-0.05, 0) is 13.0 Å². The molecule has 1 aromatic heterocycles. The van der Waals surface area contributed by atoms with E-state index in [1.54, 1.807) is 18.2 Å². The first-order valence-corrected chi connectivity index (χ1v) is 6.22. The molecule has 0 spiro atoms. The highest BCUT2D eigenvalue weighted by Crippen LogP contribution is 2.40. The second kappa shape index (κ2) is 5.69. The quantitative estimate of drug-likeness (QED) is 0.774. The Morgan fingerprint density at radius 3 is 2.24 bits per heavy atom. The smallest absolute Gasteiger partial charge is 0.368 e. The molecule has 0 aliphatic carbocycles. The molecule has 0 N–H and O–H groups in total. The van der Waals surface area contributed by atoms with E-state index in [1.807, 2.05) is 19.1 Å².